The van der Waals surface area contributed by atoms with Crippen LogP contribution in [0.25, 0.3) is 0 Å². The highest BCUT2D eigenvalue weighted by atomic mass is 79.9. The number of hydrogen-bond donors (Lipinski definition) is 1. The second-order valence-corrected chi connectivity index (χ2v) is 10.2. The van der Waals surface area contributed by atoms with Crippen LogP contribution in [-0.2, 0) is 16.6 Å². The molecule has 0 saturated heterocycles. The first kappa shape index (κ1) is 23.0. The van der Waals surface area contributed by atoms with Gasteiger partial charge in [-0.15, -0.1) is 0 Å². The van der Waals surface area contributed by atoms with E-state index in [1.807, 2.05) is 32.0 Å². The normalized spacial score (nSPS) is 11.3. The summed E-state index contributed by atoms with van der Waals surface area (Å²) in [7, 11) is -3.52. The van der Waals surface area contributed by atoms with Crippen molar-refractivity contribution in [1.82, 2.24) is 0 Å². The Morgan fingerprint density at radius 3 is 2.32 bits per heavy atom. The second kappa shape index (κ2) is 9.20. The van der Waals surface area contributed by atoms with Crippen LogP contribution in [0.2, 0.25) is 0 Å². The molecule has 0 bridgehead atoms. The summed E-state index contributed by atoms with van der Waals surface area (Å²) in [6.07, 6.45) is 1.17. The lowest BCUT2D eigenvalue weighted by Gasteiger charge is -2.25. The van der Waals surface area contributed by atoms with E-state index in [2.05, 4.69) is 21.2 Å². The van der Waals surface area contributed by atoms with Gasteiger partial charge in [-0.1, -0.05) is 40.2 Å². The highest BCUT2D eigenvalue weighted by Crippen LogP contribution is 2.26. The van der Waals surface area contributed by atoms with Gasteiger partial charge in [-0.25, -0.2) is 12.8 Å². The zero-order chi connectivity index (χ0) is 22.8. The zero-order valence-electron chi connectivity index (χ0n) is 17.3. The molecule has 0 aromatic heterocycles. The average Bonchev–Trinajstić information content (AvgIpc) is 2.70. The number of sulfonamides is 1. The third-order valence-corrected chi connectivity index (χ3v) is 6.38. The van der Waals surface area contributed by atoms with Crippen LogP contribution in [0.3, 0.4) is 0 Å². The highest BCUT2D eigenvalue weighted by Gasteiger charge is 2.20. The molecule has 0 heterocycles. The lowest BCUT2D eigenvalue weighted by atomic mass is 10.1. The molecule has 31 heavy (non-hydrogen) atoms. The summed E-state index contributed by atoms with van der Waals surface area (Å²) in [6.45, 7) is 3.90. The van der Waals surface area contributed by atoms with Gasteiger partial charge in [0.05, 0.1) is 24.2 Å². The molecular formula is C23H22BrFN2O3S. The maximum absolute atomic E-state index is 14.0. The quantitative estimate of drug-likeness (QED) is 0.487. The van der Waals surface area contributed by atoms with E-state index in [1.54, 1.807) is 30.3 Å². The molecule has 3 aromatic rings. The maximum Gasteiger partial charge on any atom is 0.255 e. The van der Waals surface area contributed by atoms with E-state index in [0.717, 1.165) is 16.7 Å². The minimum absolute atomic E-state index is 0.0791. The second-order valence-electron chi connectivity index (χ2n) is 7.33. The first-order valence-electron chi connectivity index (χ1n) is 9.45. The van der Waals surface area contributed by atoms with Crippen LogP contribution in [-0.4, -0.2) is 20.6 Å². The Bertz CT molecular complexity index is 1230. The monoisotopic (exact) mass is 504 g/mol. The van der Waals surface area contributed by atoms with Crippen molar-refractivity contribution in [2.45, 2.75) is 20.4 Å². The number of rotatable bonds is 6. The molecular weight excluding hydrogens is 483 g/mol. The molecule has 0 fully saturated rings. The molecule has 0 unspecified atom stereocenters. The number of halogens is 2. The number of aryl methyl sites for hydroxylation is 2. The minimum Gasteiger partial charge on any atom is -0.319 e. The van der Waals surface area contributed by atoms with Gasteiger partial charge in [-0.05, 0) is 66.9 Å². The summed E-state index contributed by atoms with van der Waals surface area (Å²) in [5.41, 5.74) is 3.57. The summed E-state index contributed by atoms with van der Waals surface area (Å²) in [5.74, 6) is -1.00. The fourth-order valence-electron chi connectivity index (χ4n) is 3.08. The molecule has 5 nitrogen and oxygen atoms in total. The molecule has 0 aliphatic heterocycles. The van der Waals surface area contributed by atoms with E-state index in [1.165, 1.54) is 22.7 Å². The van der Waals surface area contributed by atoms with Gasteiger partial charge in [-0.3, -0.25) is 9.10 Å². The maximum atomic E-state index is 14.0. The lowest BCUT2D eigenvalue weighted by Crippen LogP contribution is -2.30. The van der Waals surface area contributed by atoms with Crippen molar-refractivity contribution in [1.29, 1.82) is 0 Å². The van der Waals surface area contributed by atoms with Crippen LogP contribution in [0.5, 0.6) is 0 Å². The number of amides is 1. The topological polar surface area (TPSA) is 66.5 Å². The zero-order valence-corrected chi connectivity index (χ0v) is 19.7. The number of carbonyl (C=O) groups excluding carboxylic acids is 1. The summed E-state index contributed by atoms with van der Waals surface area (Å²) in [6, 6.07) is 16.6. The summed E-state index contributed by atoms with van der Waals surface area (Å²) in [4.78, 5) is 12.5. The van der Waals surface area contributed by atoms with Crippen molar-refractivity contribution in [3.63, 3.8) is 0 Å². The van der Waals surface area contributed by atoms with Crippen LogP contribution >= 0.6 is 15.9 Å². The van der Waals surface area contributed by atoms with Crippen LogP contribution < -0.4 is 9.62 Å². The molecule has 0 saturated carbocycles. The van der Waals surface area contributed by atoms with E-state index in [9.17, 15) is 17.6 Å². The van der Waals surface area contributed by atoms with Crippen LogP contribution in [0, 0.1) is 19.7 Å². The number of carbonyl (C=O) groups is 1. The van der Waals surface area contributed by atoms with Gasteiger partial charge in [0.1, 0.15) is 5.82 Å². The molecule has 162 valence electrons. The molecule has 0 radical (unpaired) electrons. The van der Waals surface area contributed by atoms with Gasteiger partial charge in [-0.2, -0.15) is 0 Å². The Morgan fingerprint density at radius 2 is 1.71 bits per heavy atom. The van der Waals surface area contributed by atoms with E-state index in [0.29, 0.717) is 15.7 Å². The first-order valence-corrected chi connectivity index (χ1v) is 12.1. The SMILES string of the molecule is Cc1ccc(C)c(N(Cc2ccc(C(=O)Nc3ccc(Br)cc3F)cc2)S(C)(=O)=O)c1. The fourth-order valence-corrected chi connectivity index (χ4v) is 4.35. The highest BCUT2D eigenvalue weighted by molar-refractivity contribution is 9.10. The Hall–Kier alpha value is -2.71. The number of nitrogens with one attached hydrogen (secondary N) is 1. The molecule has 0 atom stereocenters. The van der Waals surface area contributed by atoms with E-state index < -0.39 is 21.7 Å². The smallest absolute Gasteiger partial charge is 0.255 e. The van der Waals surface area contributed by atoms with Crippen molar-refractivity contribution >= 4 is 43.2 Å². The molecule has 0 aliphatic carbocycles. The predicted octanol–water partition coefficient (Wildman–Crippen LogP) is 5.42. The van der Waals surface area contributed by atoms with Gasteiger partial charge in [0.15, 0.2) is 0 Å². The number of hydrogen-bond acceptors (Lipinski definition) is 3. The number of benzene rings is 3. The molecule has 3 aromatic carbocycles. The van der Waals surface area contributed by atoms with Crippen molar-refractivity contribution in [3.8, 4) is 0 Å². The Labute approximate surface area is 190 Å². The summed E-state index contributed by atoms with van der Waals surface area (Å²) >= 11 is 3.17. The lowest BCUT2D eigenvalue weighted by molar-refractivity contribution is 0.102. The van der Waals surface area contributed by atoms with Gasteiger partial charge in [0, 0.05) is 10.0 Å². The van der Waals surface area contributed by atoms with Crippen molar-refractivity contribution in [2.24, 2.45) is 0 Å². The van der Waals surface area contributed by atoms with Crippen LogP contribution in [0.15, 0.2) is 65.1 Å². The van der Waals surface area contributed by atoms with E-state index in [4.69, 9.17) is 0 Å². The largest absolute Gasteiger partial charge is 0.319 e. The van der Waals surface area contributed by atoms with E-state index >= 15 is 0 Å². The standard InChI is InChI=1S/C23H22BrFN2O3S/c1-15-4-5-16(2)22(12-15)27(31(3,29)30)14-17-6-8-18(9-7-17)23(28)26-21-11-10-19(24)13-20(21)25/h4-13H,14H2,1-3H3,(H,26,28). The predicted molar refractivity (Wildman–Crippen MR) is 125 cm³/mol. The first-order chi connectivity index (χ1) is 14.5. The third kappa shape index (κ3) is 5.71. The van der Waals surface area contributed by atoms with Crippen molar-refractivity contribution in [2.75, 3.05) is 15.9 Å². The molecule has 0 spiro atoms. The number of anilines is 2. The van der Waals surface area contributed by atoms with Gasteiger partial charge in [0.2, 0.25) is 10.0 Å². The molecule has 1 amide bonds. The Morgan fingerprint density at radius 1 is 1.03 bits per heavy atom. The average molecular weight is 505 g/mol. The number of nitrogens with zero attached hydrogens (tertiary/aromatic N) is 1. The Kier molecular flexibility index (Phi) is 6.81. The van der Waals surface area contributed by atoms with Crippen LogP contribution in [0.4, 0.5) is 15.8 Å². The summed E-state index contributed by atoms with van der Waals surface area (Å²) < 4.78 is 40.8. The van der Waals surface area contributed by atoms with Crippen molar-refractivity contribution < 1.29 is 17.6 Å². The molecule has 8 heteroatoms. The fraction of sp³-hybridized carbons (Fsp3) is 0.174. The molecule has 0 aliphatic rings. The Balaban J connectivity index is 1.81. The van der Waals surface area contributed by atoms with Crippen molar-refractivity contribution in [3.05, 3.63) is 93.2 Å². The molecule has 1 N–H and O–H groups in total. The van der Waals surface area contributed by atoms with Gasteiger partial charge >= 0.3 is 0 Å². The molecule has 3 rings (SSSR count). The third-order valence-electron chi connectivity index (χ3n) is 4.76. The summed E-state index contributed by atoms with van der Waals surface area (Å²) in [5, 5.41) is 2.54. The van der Waals surface area contributed by atoms with Gasteiger partial charge in [0.25, 0.3) is 5.91 Å². The minimum atomic E-state index is -3.52. The van der Waals surface area contributed by atoms with Gasteiger partial charge < -0.3 is 5.32 Å². The van der Waals surface area contributed by atoms with E-state index in [-0.39, 0.29) is 12.2 Å². The van der Waals surface area contributed by atoms with Crippen LogP contribution in [0.1, 0.15) is 27.0 Å².